The molecule has 1 amide bonds. The topological polar surface area (TPSA) is 71.2 Å². The first-order valence-electron chi connectivity index (χ1n) is 12.4. The number of aryl methyl sites for hydroxylation is 1. The van der Waals surface area contributed by atoms with E-state index in [0.717, 1.165) is 38.7 Å². The van der Waals surface area contributed by atoms with E-state index in [0.29, 0.717) is 17.7 Å². The average Bonchev–Trinajstić information content (AvgIpc) is 3.38. The largest absolute Gasteiger partial charge is 0.363 e. The monoisotopic (exact) mass is 500 g/mol. The van der Waals surface area contributed by atoms with Crippen molar-refractivity contribution in [3.63, 3.8) is 0 Å². The van der Waals surface area contributed by atoms with Crippen LogP contribution in [0, 0.1) is 11.3 Å². The Labute approximate surface area is 222 Å². The number of carbonyl (C=O) groups excluding carboxylic acids is 1. The third kappa shape index (κ3) is 4.93. The summed E-state index contributed by atoms with van der Waals surface area (Å²) in [7, 11) is 5.42. The zero-order valence-electron chi connectivity index (χ0n) is 21.6. The van der Waals surface area contributed by atoms with E-state index in [1.807, 2.05) is 66.2 Å². The first-order chi connectivity index (χ1) is 18.5. The minimum Gasteiger partial charge on any atom is -0.363 e. The number of ether oxygens (including phenoxy) is 1. The molecule has 0 radical (unpaired) electrons. The summed E-state index contributed by atoms with van der Waals surface area (Å²) in [5, 5.41) is 12.1. The molecule has 5 rings (SSSR count). The second-order valence-corrected chi connectivity index (χ2v) is 9.46. The highest BCUT2D eigenvalue weighted by atomic mass is 16.5. The van der Waals surface area contributed by atoms with Gasteiger partial charge in [0.05, 0.1) is 36.5 Å². The number of hydrogen-bond acceptors (Lipinski definition) is 4. The summed E-state index contributed by atoms with van der Waals surface area (Å²) < 4.78 is 8.44. The van der Waals surface area contributed by atoms with Crippen molar-refractivity contribution < 1.29 is 9.53 Å². The predicted molar refractivity (Wildman–Crippen MR) is 148 cm³/mol. The number of rotatable bonds is 7. The molecule has 0 N–H and O–H groups in total. The smallest absolute Gasteiger partial charge is 0.253 e. The number of amides is 1. The van der Waals surface area contributed by atoms with Crippen molar-refractivity contribution in [1.29, 1.82) is 5.26 Å². The van der Waals surface area contributed by atoms with Crippen LogP contribution in [0.3, 0.4) is 0 Å². The predicted octanol–water partition coefficient (Wildman–Crippen LogP) is 6.12. The first-order valence-corrected chi connectivity index (χ1v) is 12.4. The molecule has 6 heteroatoms. The summed E-state index contributed by atoms with van der Waals surface area (Å²) >= 11 is 0. The van der Waals surface area contributed by atoms with E-state index >= 15 is 0 Å². The van der Waals surface area contributed by atoms with Crippen LogP contribution in [0.15, 0.2) is 97.5 Å². The molecule has 0 aliphatic carbocycles. The van der Waals surface area contributed by atoms with Gasteiger partial charge in [0.25, 0.3) is 5.91 Å². The standard InChI is InChI=1S/C32H28N4O2/c1-35(2)32(37)24-13-11-22(12-14-24)20-38-31(30-19-34-21-36(30)3)25-15-16-26(18-33)29(17-25)28-10-6-8-23-7-4-5-9-27(23)28/h4-17,19,21,31H,20H2,1-3H3. The Hall–Kier alpha value is -4.73. The van der Waals surface area contributed by atoms with E-state index in [9.17, 15) is 10.1 Å². The summed E-state index contributed by atoms with van der Waals surface area (Å²) in [5.41, 5.74) is 5.89. The summed E-state index contributed by atoms with van der Waals surface area (Å²) in [4.78, 5) is 18.1. The van der Waals surface area contributed by atoms with Crippen LogP contribution in [0.1, 0.15) is 38.8 Å². The van der Waals surface area contributed by atoms with Crippen LogP contribution in [0.5, 0.6) is 0 Å². The quantitative estimate of drug-likeness (QED) is 0.270. The Morgan fingerprint density at radius 1 is 1.00 bits per heavy atom. The lowest BCUT2D eigenvalue weighted by atomic mass is 9.92. The van der Waals surface area contributed by atoms with Crippen molar-refractivity contribution in [2.45, 2.75) is 12.7 Å². The lowest BCUT2D eigenvalue weighted by Gasteiger charge is -2.21. The number of imidazole rings is 1. The highest BCUT2D eigenvalue weighted by Crippen LogP contribution is 2.35. The molecule has 1 unspecified atom stereocenters. The highest BCUT2D eigenvalue weighted by Gasteiger charge is 2.21. The number of fused-ring (bicyclic) bond motifs is 1. The summed E-state index contributed by atoms with van der Waals surface area (Å²) in [6, 6.07) is 30.0. The van der Waals surface area contributed by atoms with Gasteiger partial charge >= 0.3 is 0 Å². The maximum Gasteiger partial charge on any atom is 0.253 e. The number of benzene rings is 4. The minimum absolute atomic E-state index is 0.0382. The third-order valence-electron chi connectivity index (χ3n) is 6.69. The molecule has 0 aliphatic heterocycles. The zero-order chi connectivity index (χ0) is 26.6. The van der Waals surface area contributed by atoms with Crippen molar-refractivity contribution in [3.05, 3.63) is 125 Å². The van der Waals surface area contributed by atoms with Gasteiger partial charge in [0.2, 0.25) is 0 Å². The van der Waals surface area contributed by atoms with E-state index in [4.69, 9.17) is 4.74 Å². The number of aromatic nitrogens is 2. The van der Waals surface area contributed by atoms with Crippen molar-refractivity contribution >= 4 is 16.7 Å². The number of nitrogens with zero attached hydrogens (tertiary/aromatic N) is 4. The zero-order valence-corrected chi connectivity index (χ0v) is 21.6. The Kier molecular flexibility index (Phi) is 7.03. The van der Waals surface area contributed by atoms with Crippen LogP contribution in [0.4, 0.5) is 0 Å². The molecule has 0 aliphatic rings. The van der Waals surface area contributed by atoms with Gasteiger partial charge in [0.1, 0.15) is 6.10 Å². The second-order valence-electron chi connectivity index (χ2n) is 9.46. The van der Waals surface area contributed by atoms with Crippen molar-refractivity contribution in [2.24, 2.45) is 7.05 Å². The molecule has 1 aromatic heterocycles. The molecule has 0 bridgehead atoms. The minimum atomic E-state index is -0.410. The maximum atomic E-state index is 12.2. The third-order valence-corrected chi connectivity index (χ3v) is 6.69. The van der Waals surface area contributed by atoms with Crippen molar-refractivity contribution in [1.82, 2.24) is 14.5 Å². The van der Waals surface area contributed by atoms with E-state index in [1.54, 1.807) is 31.5 Å². The lowest BCUT2D eigenvalue weighted by molar-refractivity contribution is 0.0622. The van der Waals surface area contributed by atoms with Gasteiger partial charge in [-0.3, -0.25) is 4.79 Å². The number of nitriles is 1. The van der Waals surface area contributed by atoms with Crippen molar-refractivity contribution in [2.75, 3.05) is 14.1 Å². The van der Waals surface area contributed by atoms with E-state index in [1.165, 1.54) is 0 Å². The van der Waals surface area contributed by atoms with Gasteiger partial charge < -0.3 is 14.2 Å². The van der Waals surface area contributed by atoms with Crippen LogP contribution in [0.25, 0.3) is 21.9 Å². The first kappa shape index (κ1) is 24.9. The molecule has 0 saturated heterocycles. The van der Waals surface area contributed by atoms with Crippen LogP contribution in [-0.4, -0.2) is 34.5 Å². The lowest BCUT2D eigenvalue weighted by Crippen LogP contribution is -2.21. The fourth-order valence-corrected chi connectivity index (χ4v) is 4.66. The van der Waals surface area contributed by atoms with Gasteiger partial charge in [0.15, 0.2) is 0 Å². The van der Waals surface area contributed by atoms with Gasteiger partial charge in [-0.2, -0.15) is 5.26 Å². The molecule has 0 spiro atoms. The molecule has 1 atom stereocenters. The number of carbonyl (C=O) groups is 1. The molecule has 5 aromatic rings. The normalized spacial score (nSPS) is 11.7. The Morgan fingerprint density at radius 3 is 2.47 bits per heavy atom. The molecule has 6 nitrogen and oxygen atoms in total. The van der Waals surface area contributed by atoms with Crippen LogP contribution in [0.2, 0.25) is 0 Å². The SMILES string of the molecule is CN(C)C(=O)c1ccc(COC(c2ccc(C#N)c(-c3cccc4ccccc34)c2)c2cncn2C)cc1. The molecular weight excluding hydrogens is 472 g/mol. The second kappa shape index (κ2) is 10.7. The van der Waals surface area contributed by atoms with Gasteiger partial charge in [-0.15, -0.1) is 0 Å². The molecule has 38 heavy (non-hydrogen) atoms. The van der Waals surface area contributed by atoms with Gasteiger partial charge in [-0.25, -0.2) is 4.98 Å². The summed E-state index contributed by atoms with van der Waals surface area (Å²) in [6.45, 7) is 0.343. The molecule has 4 aromatic carbocycles. The Balaban J connectivity index is 1.52. The highest BCUT2D eigenvalue weighted by molar-refractivity contribution is 5.98. The van der Waals surface area contributed by atoms with E-state index in [-0.39, 0.29) is 5.91 Å². The fourth-order valence-electron chi connectivity index (χ4n) is 4.66. The summed E-state index contributed by atoms with van der Waals surface area (Å²) in [5.74, 6) is -0.0382. The molecule has 188 valence electrons. The van der Waals surface area contributed by atoms with Crippen LogP contribution in [-0.2, 0) is 18.4 Å². The van der Waals surface area contributed by atoms with E-state index < -0.39 is 6.10 Å². The molecule has 0 fully saturated rings. The fraction of sp³-hybridized carbons (Fsp3) is 0.156. The molecule has 0 saturated carbocycles. The Morgan fingerprint density at radius 2 is 1.76 bits per heavy atom. The maximum absolute atomic E-state index is 12.2. The van der Waals surface area contributed by atoms with Gasteiger partial charge in [-0.05, 0) is 51.7 Å². The Bertz CT molecular complexity index is 1640. The van der Waals surface area contributed by atoms with Crippen molar-refractivity contribution in [3.8, 4) is 17.2 Å². The molecular formula is C32H28N4O2. The van der Waals surface area contributed by atoms with Gasteiger partial charge in [0, 0.05) is 32.3 Å². The van der Waals surface area contributed by atoms with E-state index in [2.05, 4.69) is 41.4 Å². The van der Waals surface area contributed by atoms with Crippen LogP contribution >= 0.6 is 0 Å². The number of hydrogen-bond donors (Lipinski definition) is 0. The average molecular weight is 501 g/mol. The van der Waals surface area contributed by atoms with Crippen LogP contribution < -0.4 is 0 Å². The molecule has 1 heterocycles. The summed E-state index contributed by atoms with van der Waals surface area (Å²) in [6.07, 6.45) is 3.15. The van der Waals surface area contributed by atoms with Gasteiger partial charge in [-0.1, -0.05) is 60.7 Å².